The molecule has 0 amide bonds. The summed E-state index contributed by atoms with van der Waals surface area (Å²) >= 11 is 0. The van der Waals surface area contributed by atoms with E-state index in [1.54, 1.807) is 0 Å². The van der Waals surface area contributed by atoms with Crippen LogP contribution in [0.4, 0.5) is 0 Å². The summed E-state index contributed by atoms with van der Waals surface area (Å²) in [6, 6.07) is 0. The average Bonchev–Trinajstić information content (AvgIpc) is 2.22. The first-order chi connectivity index (χ1) is 7.95. The van der Waals surface area contributed by atoms with E-state index in [1.165, 1.54) is 21.0 Å². The highest BCUT2D eigenvalue weighted by molar-refractivity contribution is 5.67. The fourth-order valence-corrected chi connectivity index (χ4v) is 1.61. The van der Waals surface area contributed by atoms with Gasteiger partial charge in [-0.1, -0.05) is 0 Å². The first-order valence-corrected chi connectivity index (χ1v) is 5.12. The van der Waals surface area contributed by atoms with Crippen LogP contribution in [0.3, 0.4) is 0 Å². The van der Waals surface area contributed by atoms with Crippen molar-refractivity contribution in [3.63, 3.8) is 0 Å². The van der Waals surface area contributed by atoms with Crippen LogP contribution >= 0.6 is 0 Å². The maximum Gasteiger partial charge on any atom is 0.303 e. The van der Waals surface area contributed by atoms with Crippen molar-refractivity contribution in [2.24, 2.45) is 0 Å². The number of aliphatic hydroxyl groups is 1. The molecule has 1 fully saturated rings. The Hall–Kier alpha value is -1.18. The van der Waals surface area contributed by atoms with Crippen LogP contribution in [0.1, 0.15) is 13.8 Å². The Morgan fingerprint density at radius 3 is 2.18 bits per heavy atom. The molecule has 1 heterocycles. The van der Waals surface area contributed by atoms with Crippen LogP contribution in [0.5, 0.6) is 0 Å². The van der Waals surface area contributed by atoms with Crippen molar-refractivity contribution in [1.29, 1.82) is 0 Å². The van der Waals surface area contributed by atoms with Crippen LogP contribution in [0.25, 0.3) is 0 Å². The van der Waals surface area contributed by atoms with Crippen molar-refractivity contribution < 1.29 is 33.6 Å². The summed E-state index contributed by atoms with van der Waals surface area (Å²) < 4.78 is 19.9. The van der Waals surface area contributed by atoms with E-state index in [2.05, 4.69) is 0 Å². The van der Waals surface area contributed by atoms with Gasteiger partial charge in [0.1, 0.15) is 6.10 Å². The van der Waals surface area contributed by atoms with E-state index in [0.717, 1.165) is 0 Å². The molecule has 7 heteroatoms. The molecule has 0 unspecified atom stereocenters. The van der Waals surface area contributed by atoms with Crippen LogP contribution in [0.15, 0.2) is 0 Å². The standard InChI is InChI=1S/C10H16O7/c1-5(11)16-8-7(14-3)4-15-10(13)9(8)17-6(2)12/h7-10,13H,4H2,1-3H3/t7-,8+,9-,10+/m1/s1. The number of carbonyl (C=O) groups excluding carboxylic acids is 2. The Kier molecular flexibility index (Phi) is 4.86. The molecular formula is C10H16O7. The number of rotatable bonds is 3. The molecule has 17 heavy (non-hydrogen) atoms. The predicted octanol–water partition coefficient (Wildman–Crippen LogP) is -0.787. The van der Waals surface area contributed by atoms with Crippen molar-refractivity contribution in [3.05, 3.63) is 0 Å². The predicted molar refractivity (Wildman–Crippen MR) is 53.9 cm³/mol. The van der Waals surface area contributed by atoms with Gasteiger partial charge in [-0.3, -0.25) is 9.59 Å². The molecule has 0 bridgehead atoms. The first kappa shape index (κ1) is 13.9. The van der Waals surface area contributed by atoms with Crippen LogP contribution in [0.2, 0.25) is 0 Å². The summed E-state index contributed by atoms with van der Waals surface area (Å²) in [5, 5.41) is 9.57. The molecule has 1 aliphatic heterocycles. The van der Waals surface area contributed by atoms with Gasteiger partial charge in [0, 0.05) is 21.0 Å². The summed E-state index contributed by atoms with van der Waals surface area (Å²) in [6.07, 6.45) is -3.90. The minimum absolute atomic E-state index is 0.0490. The molecule has 0 spiro atoms. The summed E-state index contributed by atoms with van der Waals surface area (Å²) in [4.78, 5) is 21.9. The van der Waals surface area contributed by atoms with E-state index in [0.29, 0.717) is 0 Å². The number of ether oxygens (including phenoxy) is 4. The smallest absolute Gasteiger partial charge is 0.303 e. The van der Waals surface area contributed by atoms with Gasteiger partial charge in [0.05, 0.1) is 6.61 Å². The zero-order valence-corrected chi connectivity index (χ0v) is 9.91. The highest BCUT2D eigenvalue weighted by Gasteiger charge is 2.44. The number of carbonyl (C=O) groups is 2. The zero-order chi connectivity index (χ0) is 13.0. The number of hydrogen-bond donors (Lipinski definition) is 1. The van der Waals surface area contributed by atoms with Crippen molar-refractivity contribution in [3.8, 4) is 0 Å². The molecule has 1 saturated heterocycles. The van der Waals surface area contributed by atoms with E-state index in [1.807, 2.05) is 0 Å². The molecule has 1 aliphatic rings. The average molecular weight is 248 g/mol. The van der Waals surface area contributed by atoms with Gasteiger partial charge in [-0.25, -0.2) is 0 Å². The molecule has 0 aromatic carbocycles. The largest absolute Gasteiger partial charge is 0.455 e. The topological polar surface area (TPSA) is 91.3 Å². The molecular weight excluding hydrogens is 232 g/mol. The lowest BCUT2D eigenvalue weighted by Crippen LogP contribution is -2.56. The van der Waals surface area contributed by atoms with Crippen LogP contribution in [-0.4, -0.2) is 55.4 Å². The van der Waals surface area contributed by atoms with E-state index in [-0.39, 0.29) is 6.61 Å². The molecule has 0 aromatic heterocycles. The second kappa shape index (κ2) is 5.95. The fraction of sp³-hybridized carbons (Fsp3) is 0.800. The quantitative estimate of drug-likeness (QED) is 0.654. The monoisotopic (exact) mass is 248 g/mol. The van der Waals surface area contributed by atoms with Gasteiger partial charge >= 0.3 is 11.9 Å². The Bertz CT molecular complexity index is 290. The lowest BCUT2D eigenvalue weighted by atomic mass is 10.0. The maximum absolute atomic E-state index is 11.0. The maximum atomic E-state index is 11.0. The second-order valence-electron chi connectivity index (χ2n) is 3.65. The van der Waals surface area contributed by atoms with Crippen molar-refractivity contribution in [2.45, 2.75) is 38.4 Å². The van der Waals surface area contributed by atoms with Crippen molar-refractivity contribution in [2.75, 3.05) is 13.7 Å². The Morgan fingerprint density at radius 1 is 1.18 bits per heavy atom. The normalized spacial score (nSPS) is 32.9. The van der Waals surface area contributed by atoms with Gasteiger partial charge in [0.2, 0.25) is 0 Å². The lowest BCUT2D eigenvalue weighted by molar-refractivity contribution is -0.267. The third-order valence-corrected chi connectivity index (χ3v) is 2.31. The van der Waals surface area contributed by atoms with Gasteiger partial charge in [-0.15, -0.1) is 0 Å². The molecule has 0 radical (unpaired) electrons. The second-order valence-corrected chi connectivity index (χ2v) is 3.65. The number of aliphatic hydroxyl groups excluding tert-OH is 1. The molecule has 0 saturated carbocycles. The summed E-state index contributed by atoms with van der Waals surface area (Å²) in [6.45, 7) is 2.46. The lowest BCUT2D eigenvalue weighted by Gasteiger charge is -2.38. The number of methoxy groups -OCH3 is 1. The molecule has 1 rings (SSSR count). The van der Waals surface area contributed by atoms with Gasteiger partial charge < -0.3 is 24.1 Å². The van der Waals surface area contributed by atoms with E-state index in [4.69, 9.17) is 18.9 Å². The fourth-order valence-electron chi connectivity index (χ4n) is 1.61. The van der Waals surface area contributed by atoms with Gasteiger partial charge in [-0.2, -0.15) is 0 Å². The first-order valence-electron chi connectivity index (χ1n) is 5.12. The number of esters is 2. The number of hydrogen-bond acceptors (Lipinski definition) is 7. The molecule has 98 valence electrons. The van der Waals surface area contributed by atoms with Crippen molar-refractivity contribution >= 4 is 11.9 Å². The molecule has 0 aliphatic carbocycles. The van der Waals surface area contributed by atoms with Gasteiger partial charge in [0.15, 0.2) is 18.5 Å². The minimum Gasteiger partial charge on any atom is -0.455 e. The Labute approximate surface area is 98.6 Å². The Morgan fingerprint density at radius 2 is 1.71 bits per heavy atom. The SMILES string of the molecule is CO[C@@H]1CO[C@H](O)[C@H](OC(C)=O)[C@H]1OC(C)=O. The van der Waals surface area contributed by atoms with E-state index in [9.17, 15) is 14.7 Å². The summed E-state index contributed by atoms with van der Waals surface area (Å²) in [7, 11) is 1.41. The van der Waals surface area contributed by atoms with Gasteiger partial charge in [0.25, 0.3) is 0 Å². The molecule has 7 nitrogen and oxygen atoms in total. The van der Waals surface area contributed by atoms with Crippen LogP contribution in [0, 0.1) is 0 Å². The third-order valence-electron chi connectivity index (χ3n) is 2.31. The summed E-state index contributed by atoms with van der Waals surface area (Å²) in [5.74, 6) is -1.16. The zero-order valence-electron chi connectivity index (χ0n) is 9.91. The highest BCUT2D eigenvalue weighted by atomic mass is 16.7. The molecule has 4 atom stereocenters. The van der Waals surface area contributed by atoms with Crippen LogP contribution in [-0.2, 0) is 28.5 Å². The molecule has 0 aromatic rings. The van der Waals surface area contributed by atoms with Gasteiger partial charge in [-0.05, 0) is 0 Å². The third kappa shape index (κ3) is 3.65. The van der Waals surface area contributed by atoms with E-state index >= 15 is 0 Å². The highest BCUT2D eigenvalue weighted by Crippen LogP contribution is 2.22. The summed E-state index contributed by atoms with van der Waals surface area (Å²) in [5.41, 5.74) is 0. The van der Waals surface area contributed by atoms with Crippen molar-refractivity contribution in [1.82, 2.24) is 0 Å². The minimum atomic E-state index is -1.34. The molecule has 1 N–H and O–H groups in total. The van der Waals surface area contributed by atoms with Crippen LogP contribution < -0.4 is 0 Å². The Balaban J connectivity index is 2.82. The van der Waals surface area contributed by atoms with E-state index < -0.39 is 36.5 Å².